The van der Waals surface area contributed by atoms with E-state index < -0.39 is 5.79 Å². The maximum Gasteiger partial charge on any atom is 0.265 e. The minimum absolute atomic E-state index is 0.491. The van der Waals surface area contributed by atoms with Gasteiger partial charge in [-0.3, -0.25) is 0 Å². The van der Waals surface area contributed by atoms with Gasteiger partial charge in [0.1, 0.15) is 11.5 Å². The molecule has 4 heteroatoms. The van der Waals surface area contributed by atoms with E-state index in [0.29, 0.717) is 6.61 Å². The molecule has 0 bridgehead atoms. The molecule has 0 amide bonds. The predicted molar refractivity (Wildman–Crippen MR) is 109 cm³/mol. The van der Waals surface area contributed by atoms with Gasteiger partial charge in [0.2, 0.25) is 0 Å². The molecule has 0 saturated heterocycles. The van der Waals surface area contributed by atoms with Crippen LogP contribution in [0.15, 0.2) is 71.2 Å². The third kappa shape index (κ3) is 2.59. The highest BCUT2D eigenvalue weighted by molar-refractivity contribution is 9.10. The van der Waals surface area contributed by atoms with Crippen molar-refractivity contribution in [1.82, 2.24) is 0 Å². The first-order chi connectivity index (χ1) is 13.2. The smallest absolute Gasteiger partial charge is 0.265 e. The first-order valence-electron chi connectivity index (χ1n) is 8.77. The van der Waals surface area contributed by atoms with Crippen molar-refractivity contribution in [3.63, 3.8) is 0 Å². The summed E-state index contributed by atoms with van der Waals surface area (Å²) in [7, 11) is 1.66. The van der Waals surface area contributed by atoms with Gasteiger partial charge in [-0.25, -0.2) is 0 Å². The van der Waals surface area contributed by atoms with Crippen molar-refractivity contribution in [3.05, 3.63) is 93.5 Å². The Bertz CT molecular complexity index is 1060. The van der Waals surface area contributed by atoms with E-state index in [2.05, 4.69) is 46.3 Å². The molecule has 0 fully saturated rings. The molecule has 0 saturated carbocycles. The van der Waals surface area contributed by atoms with Crippen LogP contribution >= 0.6 is 15.9 Å². The Morgan fingerprint density at radius 2 is 1.81 bits per heavy atom. The summed E-state index contributed by atoms with van der Waals surface area (Å²) in [5, 5.41) is 0. The van der Waals surface area contributed by atoms with E-state index in [1.807, 2.05) is 42.5 Å². The molecule has 1 atom stereocenters. The number of halogens is 1. The van der Waals surface area contributed by atoms with Gasteiger partial charge in [-0.1, -0.05) is 40.2 Å². The zero-order chi connectivity index (χ0) is 18.4. The second-order valence-electron chi connectivity index (χ2n) is 6.63. The van der Waals surface area contributed by atoms with Gasteiger partial charge < -0.3 is 14.2 Å². The van der Waals surface area contributed by atoms with E-state index >= 15 is 0 Å². The lowest BCUT2D eigenvalue weighted by atomic mass is 9.84. The largest absolute Gasteiger partial charge is 0.497 e. The summed E-state index contributed by atoms with van der Waals surface area (Å²) in [6.45, 7) is 0.491. The second kappa shape index (κ2) is 6.25. The summed E-state index contributed by atoms with van der Waals surface area (Å²) >= 11 is 3.55. The summed E-state index contributed by atoms with van der Waals surface area (Å²) in [6.07, 6.45) is 2.17. The fourth-order valence-corrected chi connectivity index (χ4v) is 4.12. The van der Waals surface area contributed by atoms with Crippen molar-refractivity contribution < 1.29 is 14.2 Å². The lowest BCUT2D eigenvalue weighted by Crippen LogP contribution is -2.42. The van der Waals surface area contributed by atoms with Crippen LogP contribution in [0.25, 0.3) is 11.6 Å². The molecule has 3 nitrogen and oxygen atoms in total. The third-order valence-corrected chi connectivity index (χ3v) is 5.58. The molecule has 2 aliphatic rings. The van der Waals surface area contributed by atoms with E-state index in [0.717, 1.165) is 43.8 Å². The standard InChI is InChI=1S/C23H17BrO3/c1-25-19-9-6-17(7-10-19)23-21(20-5-3-2-4-15(20)14-26-23)13-16-12-18(24)8-11-22(16)27-23/h2-13H,14H2,1H3. The summed E-state index contributed by atoms with van der Waals surface area (Å²) in [6, 6.07) is 22.2. The van der Waals surface area contributed by atoms with Crippen molar-refractivity contribution in [3.8, 4) is 11.5 Å². The average molecular weight is 421 g/mol. The molecule has 5 rings (SSSR count). The average Bonchev–Trinajstić information content (AvgIpc) is 2.72. The lowest BCUT2D eigenvalue weighted by molar-refractivity contribution is -0.160. The zero-order valence-electron chi connectivity index (χ0n) is 14.7. The Hall–Kier alpha value is -2.56. The van der Waals surface area contributed by atoms with Crippen LogP contribution in [0.1, 0.15) is 22.3 Å². The van der Waals surface area contributed by atoms with Crippen LogP contribution in [0, 0.1) is 0 Å². The van der Waals surface area contributed by atoms with Gasteiger partial charge in [-0.05, 0) is 59.7 Å². The molecule has 2 heterocycles. The highest BCUT2D eigenvalue weighted by Crippen LogP contribution is 2.51. The van der Waals surface area contributed by atoms with Crippen molar-refractivity contribution >= 4 is 27.6 Å². The number of rotatable bonds is 2. The van der Waals surface area contributed by atoms with Gasteiger partial charge in [0.15, 0.2) is 0 Å². The van der Waals surface area contributed by atoms with Crippen molar-refractivity contribution in [2.24, 2.45) is 0 Å². The Kier molecular flexibility index (Phi) is 3.85. The lowest BCUT2D eigenvalue weighted by Gasteiger charge is -2.43. The summed E-state index contributed by atoms with van der Waals surface area (Å²) < 4.78 is 19.3. The normalized spacial score (nSPS) is 19.9. The van der Waals surface area contributed by atoms with Crippen LogP contribution in [-0.2, 0) is 17.1 Å². The van der Waals surface area contributed by atoms with Crippen LogP contribution < -0.4 is 9.47 Å². The maximum absolute atomic E-state index is 6.54. The molecular weight excluding hydrogens is 404 g/mol. The molecule has 0 aliphatic carbocycles. The Labute approximate surface area is 166 Å². The Morgan fingerprint density at radius 1 is 1.00 bits per heavy atom. The minimum Gasteiger partial charge on any atom is -0.497 e. The van der Waals surface area contributed by atoms with E-state index in [9.17, 15) is 0 Å². The Balaban J connectivity index is 1.75. The highest BCUT2D eigenvalue weighted by Gasteiger charge is 2.47. The van der Waals surface area contributed by atoms with Gasteiger partial charge in [0.25, 0.3) is 5.79 Å². The van der Waals surface area contributed by atoms with Crippen LogP contribution in [0.4, 0.5) is 0 Å². The third-order valence-electron chi connectivity index (χ3n) is 5.09. The number of hydrogen-bond donors (Lipinski definition) is 0. The fourth-order valence-electron chi connectivity index (χ4n) is 3.74. The van der Waals surface area contributed by atoms with Crippen LogP contribution in [0.3, 0.4) is 0 Å². The van der Waals surface area contributed by atoms with Crippen LogP contribution in [0.5, 0.6) is 11.5 Å². The summed E-state index contributed by atoms with van der Waals surface area (Å²) in [5.74, 6) is 0.635. The molecule has 2 aliphatic heterocycles. The molecule has 3 aromatic carbocycles. The topological polar surface area (TPSA) is 27.7 Å². The van der Waals surface area contributed by atoms with E-state index in [1.54, 1.807) is 7.11 Å². The molecule has 1 unspecified atom stereocenters. The number of benzene rings is 3. The SMILES string of the molecule is COc1ccc(C23OCc4ccccc4C2=Cc2cc(Br)ccc2O3)cc1. The molecule has 0 N–H and O–H groups in total. The van der Waals surface area contributed by atoms with E-state index in [4.69, 9.17) is 14.2 Å². The molecule has 27 heavy (non-hydrogen) atoms. The zero-order valence-corrected chi connectivity index (χ0v) is 16.3. The van der Waals surface area contributed by atoms with E-state index in [1.165, 1.54) is 0 Å². The second-order valence-corrected chi connectivity index (χ2v) is 7.55. The van der Waals surface area contributed by atoms with Gasteiger partial charge in [0.05, 0.1) is 13.7 Å². The van der Waals surface area contributed by atoms with Gasteiger partial charge in [-0.15, -0.1) is 0 Å². The Morgan fingerprint density at radius 3 is 2.63 bits per heavy atom. The number of methoxy groups -OCH3 is 1. The fraction of sp³-hybridized carbons (Fsp3) is 0.130. The first-order valence-corrected chi connectivity index (χ1v) is 9.56. The van der Waals surface area contributed by atoms with E-state index in [-0.39, 0.29) is 0 Å². The number of ether oxygens (including phenoxy) is 3. The van der Waals surface area contributed by atoms with Gasteiger partial charge in [0, 0.05) is 21.2 Å². The van der Waals surface area contributed by atoms with Crippen molar-refractivity contribution in [1.29, 1.82) is 0 Å². The van der Waals surface area contributed by atoms with Gasteiger partial charge >= 0.3 is 0 Å². The number of hydrogen-bond acceptors (Lipinski definition) is 3. The quantitative estimate of drug-likeness (QED) is 0.526. The summed E-state index contributed by atoms with van der Waals surface area (Å²) in [4.78, 5) is 0. The van der Waals surface area contributed by atoms with Crippen molar-refractivity contribution in [2.75, 3.05) is 7.11 Å². The highest BCUT2D eigenvalue weighted by atomic mass is 79.9. The molecule has 134 valence electrons. The molecule has 3 aromatic rings. The predicted octanol–water partition coefficient (Wildman–Crippen LogP) is 5.77. The van der Waals surface area contributed by atoms with Gasteiger partial charge in [-0.2, -0.15) is 0 Å². The molecular formula is C23H17BrO3. The van der Waals surface area contributed by atoms with Crippen molar-refractivity contribution in [2.45, 2.75) is 12.4 Å². The molecule has 0 spiro atoms. The number of fused-ring (bicyclic) bond motifs is 4. The monoisotopic (exact) mass is 420 g/mol. The van der Waals surface area contributed by atoms with Crippen LogP contribution in [-0.4, -0.2) is 7.11 Å². The first kappa shape index (κ1) is 16.6. The van der Waals surface area contributed by atoms with Crippen LogP contribution in [0.2, 0.25) is 0 Å². The molecule has 0 aromatic heterocycles. The summed E-state index contributed by atoms with van der Waals surface area (Å²) in [5.41, 5.74) is 5.31. The minimum atomic E-state index is -0.971. The molecule has 0 radical (unpaired) electrons. The maximum atomic E-state index is 6.54.